The molecule has 11 heteroatoms. The molecule has 0 fully saturated rings. The van der Waals surface area contributed by atoms with Crippen molar-refractivity contribution >= 4 is 60.9 Å². The van der Waals surface area contributed by atoms with Crippen LogP contribution in [0.1, 0.15) is 6.42 Å². The third kappa shape index (κ3) is 17.2. The van der Waals surface area contributed by atoms with Gasteiger partial charge in [-0.3, -0.25) is 16.0 Å². The van der Waals surface area contributed by atoms with Crippen molar-refractivity contribution in [2.24, 2.45) is 0 Å². The van der Waals surface area contributed by atoms with E-state index in [9.17, 15) is 19.2 Å². The second-order valence-electron chi connectivity index (χ2n) is 9.53. The molecule has 259 valence electrons. The normalized spacial score (nSPS) is 9.92. The van der Waals surface area contributed by atoms with Gasteiger partial charge in [-0.25, -0.2) is 9.59 Å². The Hall–Kier alpha value is -4.15. The zero-order valence-electron chi connectivity index (χ0n) is 27.9. The number of benzene rings is 4. The second kappa shape index (κ2) is 25.8. The standard InChI is InChI=1S/C26H24P2.C6H9O4.C6H8O4.Ru/c1-5-13-23(14-6-1)27(24-15-7-2-8-16-24)21-22-28(25-17-9-3-10-18-25)26-19-11-4-12-20-26;2*1-9-5(7)3-4-6(8)10-2;/h1-20H,21-22H2;3H,4H2,1-2H3;3-4H,1-2H3;/q;-1;;+1/b;;4-3+;. The van der Waals surface area contributed by atoms with Crippen molar-refractivity contribution in [1.82, 2.24) is 0 Å². The molecule has 0 unspecified atom stereocenters. The maximum atomic E-state index is 10.4. The Labute approximate surface area is 304 Å². The smallest absolute Gasteiger partial charge is 0.491 e. The topological polar surface area (TPSA) is 105 Å². The largest absolute Gasteiger partial charge is 1.00 e. The number of ether oxygens (including phenoxy) is 4. The zero-order chi connectivity index (χ0) is 35.0. The third-order valence-electron chi connectivity index (χ3n) is 6.44. The number of methoxy groups -OCH3 is 4. The van der Waals surface area contributed by atoms with Crippen molar-refractivity contribution in [1.29, 1.82) is 0 Å². The van der Waals surface area contributed by atoms with Crippen LogP contribution in [-0.4, -0.2) is 64.6 Å². The van der Waals surface area contributed by atoms with Gasteiger partial charge in [0.1, 0.15) is 0 Å². The molecule has 4 rings (SSSR count). The van der Waals surface area contributed by atoms with E-state index in [0.717, 1.165) is 18.6 Å². The van der Waals surface area contributed by atoms with Crippen LogP contribution in [0.3, 0.4) is 0 Å². The summed E-state index contributed by atoms with van der Waals surface area (Å²) in [6.07, 6.45) is 5.48. The Morgan fingerprint density at radius 1 is 0.510 bits per heavy atom. The Kier molecular flexibility index (Phi) is 22.6. The van der Waals surface area contributed by atoms with Crippen molar-refractivity contribution in [2.75, 3.05) is 40.8 Å². The van der Waals surface area contributed by atoms with Crippen LogP contribution >= 0.6 is 15.8 Å². The molecular weight excluding hydrogens is 747 g/mol. The van der Waals surface area contributed by atoms with Crippen LogP contribution in [0.5, 0.6) is 0 Å². The fraction of sp³-hybridized carbons (Fsp3) is 0.184. The minimum Gasteiger partial charge on any atom is -0.491 e. The van der Waals surface area contributed by atoms with Gasteiger partial charge in [-0.2, -0.15) is 0 Å². The van der Waals surface area contributed by atoms with Crippen molar-refractivity contribution in [2.45, 2.75) is 6.42 Å². The molecule has 0 spiro atoms. The van der Waals surface area contributed by atoms with Gasteiger partial charge in [-0.05, 0) is 49.4 Å². The van der Waals surface area contributed by atoms with Crippen molar-refractivity contribution in [3.63, 3.8) is 0 Å². The molecule has 8 nitrogen and oxygen atoms in total. The van der Waals surface area contributed by atoms with Crippen LogP contribution < -0.4 is 21.2 Å². The summed E-state index contributed by atoms with van der Waals surface area (Å²) >= 11 is 0. The summed E-state index contributed by atoms with van der Waals surface area (Å²) in [7, 11) is 4.26. The third-order valence-corrected chi connectivity index (χ3v) is 11.8. The first-order valence-corrected chi connectivity index (χ1v) is 18.0. The molecule has 0 atom stereocenters. The molecule has 0 saturated carbocycles. The van der Waals surface area contributed by atoms with Crippen LogP contribution in [0.2, 0.25) is 0 Å². The van der Waals surface area contributed by atoms with Gasteiger partial charge in [0.25, 0.3) is 5.97 Å². The maximum absolute atomic E-state index is 10.4. The van der Waals surface area contributed by atoms with Gasteiger partial charge in [0.05, 0.1) is 28.4 Å². The predicted molar refractivity (Wildman–Crippen MR) is 194 cm³/mol. The minimum atomic E-state index is -0.578. The van der Waals surface area contributed by atoms with E-state index in [2.05, 4.69) is 140 Å². The summed E-state index contributed by atoms with van der Waals surface area (Å²) in [6.45, 7) is 0. The van der Waals surface area contributed by atoms with Gasteiger partial charge in [-0.15, -0.1) is 0 Å². The van der Waals surface area contributed by atoms with E-state index in [1.165, 1.54) is 62.0 Å². The molecule has 0 bridgehead atoms. The summed E-state index contributed by atoms with van der Waals surface area (Å²) in [4.78, 5) is 41.3. The quantitative estimate of drug-likeness (QED) is 0.0490. The molecule has 4 aromatic rings. The van der Waals surface area contributed by atoms with E-state index in [4.69, 9.17) is 0 Å². The van der Waals surface area contributed by atoms with E-state index in [0.29, 0.717) is 0 Å². The first kappa shape index (κ1) is 42.9. The fourth-order valence-corrected chi connectivity index (χ4v) is 9.41. The molecule has 0 heterocycles. The molecular formula is C38H41O8P2Ru. The number of carbonyl (C=O) groups is 4. The van der Waals surface area contributed by atoms with E-state index >= 15 is 0 Å². The van der Waals surface area contributed by atoms with Crippen LogP contribution in [0.4, 0.5) is 0 Å². The molecule has 49 heavy (non-hydrogen) atoms. The molecule has 4 aromatic carbocycles. The van der Waals surface area contributed by atoms with Gasteiger partial charge in [-0.1, -0.05) is 128 Å². The number of rotatable bonds is 12. The molecule has 0 aliphatic rings. The fourth-order valence-electron chi connectivity index (χ4n) is 4.05. The summed E-state index contributed by atoms with van der Waals surface area (Å²) in [5.74, 6) is -2.13. The average Bonchev–Trinajstić information content (AvgIpc) is 3.16. The molecule has 0 N–H and O–H groups in total. The van der Waals surface area contributed by atoms with Gasteiger partial charge in [0.2, 0.25) is 0 Å². The van der Waals surface area contributed by atoms with Gasteiger partial charge in [0, 0.05) is 12.2 Å². The number of hydrogen-bond acceptors (Lipinski definition) is 8. The van der Waals surface area contributed by atoms with Gasteiger partial charge >= 0.3 is 31.4 Å². The second-order valence-corrected chi connectivity index (χ2v) is 14.2. The maximum Gasteiger partial charge on any atom is 1.00 e. The monoisotopic (exact) mass is 789 g/mol. The average molecular weight is 789 g/mol. The van der Waals surface area contributed by atoms with Crippen molar-refractivity contribution < 1.29 is 57.6 Å². The Balaban J connectivity index is 0.000000475. The minimum absolute atomic E-state index is 0. The first-order valence-electron chi connectivity index (χ1n) is 14.9. The van der Waals surface area contributed by atoms with E-state index in [1.54, 1.807) is 0 Å². The van der Waals surface area contributed by atoms with Gasteiger partial charge in [0.15, 0.2) is 5.97 Å². The molecule has 0 aliphatic heterocycles. The predicted octanol–water partition coefficient (Wildman–Crippen LogP) is 5.07. The number of hydrogen-bond donors (Lipinski definition) is 0. The Bertz CT molecular complexity index is 1340. The number of carbonyl (C=O) groups excluding carboxylic acids is 4. The first-order chi connectivity index (χ1) is 23.3. The zero-order valence-corrected chi connectivity index (χ0v) is 31.4. The SMILES string of the molecule is COC(=O)/C=C/C(=O)OC.COC(=O)[CH-]CC(=O)OC.[Ru+].c1ccc(P(CCP(c2ccccc2)c2ccccc2)c2ccccc2)cc1. The Morgan fingerprint density at radius 2 is 0.816 bits per heavy atom. The van der Waals surface area contributed by atoms with Crippen LogP contribution in [-0.2, 0) is 57.6 Å². The van der Waals surface area contributed by atoms with Crippen molar-refractivity contribution in [3.8, 4) is 0 Å². The summed E-state index contributed by atoms with van der Waals surface area (Å²) < 4.78 is 16.9. The van der Waals surface area contributed by atoms with E-state index in [1.807, 2.05) is 0 Å². The van der Waals surface area contributed by atoms with Crippen LogP contribution in [0.15, 0.2) is 133 Å². The summed E-state index contributed by atoms with van der Waals surface area (Å²) in [5, 5.41) is 5.89. The van der Waals surface area contributed by atoms with Gasteiger partial charge < -0.3 is 18.9 Å². The molecule has 0 aliphatic carbocycles. The molecule has 0 aromatic heterocycles. The molecule has 0 amide bonds. The number of esters is 4. The van der Waals surface area contributed by atoms with Crippen LogP contribution in [0.25, 0.3) is 0 Å². The molecule has 1 radical (unpaired) electrons. The van der Waals surface area contributed by atoms with Crippen molar-refractivity contribution in [3.05, 3.63) is 140 Å². The summed E-state index contributed by atoms with van der Waals surface area (Å²) in [6, 6.07) is 44.2. The Morgan fingerprint density at radius 3 is 1.06 bits per heavy atom. The molecule has 0 saturated heterocycles. The van der Waals surface area contributed by atoms with Crippen LogP contribution in [0, 0.1) is 6.42 Å². The van der Waals surface area contributed by atoms with E-state index in [-0.39, 0.29) is 41.7 Å². The summed E-state index contributed by atoms with van der Waals surface area (Å²) in [5.41, 5.74) is 0. The van der Waals surface area contributed by atoms with E-state index < -0.39 is 23.9 Å².